The number of ether oxygens (including phenoxy) is 1. The number of fused-ring (bicyclic) bond motifs is 5. The molecule has 0 radical (unpaired) electrons. The summed E-state index contributed by atoms with van der Waals surface area (Å²) in [6.07, 6.45) is 8.33. The van der Waals surface area contributed by atoms with Gasteiger partial charge in [-0.05, 0) is 104 Å². The van der Waals surface area contributed by atoms with Gasteiger partial charge in [0.15, 0.2) is 0 Å². The van der Waals surface area contributed by atoms with Gasteiger partial charge in [0.05, 0.1) is 11.9 Å². The summed E-state index contributed by atoms with van der Waals surface area (Å²) in [5, 5.41) is 11.9. The Morgan fingerprint density at radius 3 is 2.32 bits per heavy atom. The third-order valence-corrected chi connectivity index (χ3v) is 12.0. The smallest absolute Gasteiger partial charge is 0.302 e. The van der Waals surface area contributed by atoms with Gasteiger partial charge in [-0.3, -0.25) is 9.35 Å². The predicted octanol–water partition coefficient (Wildman–Crippen LogP) is 5.10. The lowest BCUT2D eigenvalue weighted by Gasteiger charge is -2.64. The molecule has 7 heteroatoms. The topological polar surface area (TPSA) is 101 Å². The van der Waals surface area contributed by atoms with Crippen molar-refractivity contribution < 1.29 is 27.6 Å². The molecule has 4 fully saturated rings. The largest absolute Gasteiger partial charge is 0.463 e. The van der Waals surface area contributed by atoms with E-state index in [-0.39, 0.29) is 52.5 Å². The number of rotatable bonds is 6. The Morgan fingerprint density at radius 1 is 1.06 bits per heavy atom. The summed E-state index contributed by atoms with van der Waals surface area (Å²) in [5.41, 5.74) is 0.272. The molecule has 4 aliphatic rings. The zero-order valence-corrected chi connectivity index (χ0v) is 22.5. The summed E-state index contributed by atoms with van der Waals surface area (Å²) in [4.78, 5) is 11.6. The molecule has 4 unspecified atom stereocenters. The lowest BCUT2D eigenvalue weighted by atomic mass is 9.41. The van der Waals surface area contributed by atoms with Crippen molar-refractivity contribution in [2.24, 2.45) is 52.3 Å². The van der Waals surface area contributed by atoms with E-state index in [2.05, 4.69) is 27.7 Å². The van der Waals surface area contributed by atoms with Crippen LogP contribution >= 0.6 is 0 Å². The molecule has 34 heavy (non-hydrogen) atoms. The molecule has 0 heterocycles. The molecule has 196 valence electrons. The normalized spacial score (nSPS) is 47.3. The number of carbonyl (C=O) groups is 1. The Kier molecular flexibility index (Phi) is 7.25. The second kappa shape index (κ2) is 9.33. The maximum atomic E-state index is 11.9. The van der Waals surface area contributed by atoms with E-state index in [4.69, 9.17) is 4.74 Å². The molecule has 0 aromatic rings. The van der Waals surface area contributed by atoms with Crippen LogP contribution in [0.5, 0.6) is 0 Å². The first-order valence-corrected chi connectivity index (χ1v) is 15.2. The van der Waals surface area contributed by atoms with E-state index in [1.807, 2.05) is 0 Å². The molecule has 0 aromatic heterocycles. The highest BCUT2D eigenvalue weighted by Crippen LogP contribution is 2.69. The number of hydrogen-bond donors (Lipinski definition) is 2. The minimum Gasteiger partial charge on any atom is -0.463 e. The monoisotopic (exact) mass is 498 g/mol. The first kappa shape index (κ1) is 26.4. The van der Waals surface area contributed by atoms with Crippen LogP contribution in [0, 0.1) is 52.3 Å². The molecule has 4 saturated carbocycles. The number of esters is 1. The van der Waals surface area contributed by atoms with Crippen LogP contribution in [0.4, 0.5) is 0 Å². The predicted molar refractivity (Wildman–Crippen MR) is 132 cm³/mol. The Morgan fingerprint density at radius 2 is 1.71 bits per heavy atom. The molecule has 11 atom stereocenters. The van der Waals surface area contributed by atoms with Crippen molar-refractivity contribution in [2.45, 2.75) is 105 Å². The van der Waals surface area contributed by atoms with Gasteiger partial charge in [-0.25, -0.2) is 0 Å². The average Bonchev–Trinajstić information content (AvgIpc) is 3.09. The van der Waals surface area contributed by atoms with Gasteiger partial charge in [-0.15, -0.1) is 0 Å². The van der Waals surface area contributed by atoms with Crippen molar-refractivity contribution in [3.05, 3.63) is 0 Å². The Hall–Kier alpha value is -0.660. The molecule has 0 bridgehead atoms. The highest BCUT2D eigenvalue weighted by molar-refractivity contribution is 7.85. The van der Waals surface area contributed by atoms with Gasteiger partial charge in [-0.2, -0.15) is 8.42 Å². The average molecular weight is 499 g/mol. The third kappa shape index (κ3) is 4.47. The van der Waals surface area contributed by atoms with Crippen molar-refractivity contribution in [3.63, 3.8) is 0 Å². The van der Waals surface area contributed by atoms with E-state index < -0.39 is 10.1 Å². The van der Waals surface area contributed by atoms with Gasteiger partial charge in [0.1, 0.15) is 6.10 Å². The number of carbonyl (C=O) groups excluding carboxylic acids is 1. The van der Waals surface area contributed by atoms with E-state index in [1.54, 1.807) is 0 Å². The first-order valence-electron chi connectivity index (χ1n) is 13.6. The molecule has 4 aliphatic carbocycles. The highest BCUT2D eigenvalue weighted by atomic mass is 32.2. The minimum atomic E-state index is -3.94. The maximum absolute atomic E-state index is 11.9. The van der Waals surface area contributed by atoms with Crippen LogP contribution in [0.25, 0.3) is 0 Å². The second-order valence-electron chi connectivity index (χ2n) is 12.8. The van der Waals surface area contributed by atoms with Gasteiger partial charge in [0.25, 0.3) is 10.1 Å². The van der Waals surface area contributed by atoms with Gasteiger partial charge < -0.3 is 9.84 Å². The fraction of sp³-hybridized carbons (Fsp3) is 0.963. The van der Waals surface area contributed by atoms with E-state index in [9.17, 15) is 22.9 Å². The molecule has 2 N–H and O–H groups in total. The fourth-order valence-electron chi connectivity index (χ4n) is 9.79. The van der Waals surface area contributed by atoms with Crippen LogP contribution in [0.2, 0.25) is 0 Å². The Balaban J connectivity index is 1.58. The summed E-state index contributed by atoms with van der Waals surface area (Å²) in [5.74, 6) is 2.12. The number of hydrogen-bond acceptors (Lipinski definition) is 5. The number of aliphatic hydroxyl groups is 1. The molecule has 0 spiro atoms. The molecular weight excluding hydrogens is 452 g/mol. The third-order valence-electron chi connectivity index (χ3n) is 11.3. The quantitative estimate of drug-likeness (QED) is 0.390. The van der Waals surface area contributed by atoms with Crippen LogP contribution in [0.3, 0.4) is 0 Å². The van der Waals surface area contributed by atoms with Crippen molar-refractivity contribution in [1.29, 1.82) is 0 Å². The highest BCUT2D eigenvalue weighted by Gasteiger charge is 2.65. The lowest BCUT2D eigenvalue weighted by molar-refractivity contribution is -0.207. The van der Waals surface area contributed by atoms with Crippen LogP contribution in [-0.4, -0.2) is 42.0 Å². The summed E-state index contributed by atoms with van der Waals surface area (Å²) in [7, 11) is -3.94. The zero-order chi connectivity index (χ0) is 25.1. The van der Waals surface area contributed by atoms with E-state index >= 15 is 0 Å². The van der Waals surface area contributed by atoms with Crippen molar-refractivity contribution >= 4 is 16.1 Å². The van der Waals surface area contributed by atoms with Crippen molar-refractivity contribution in [3.8, 4) is 0 Å². The second-order valence-corrected chi connectivity index (χ2v) is 14.3. The van der Waals surface area contributed by atoms with E-state index in [0.29, 0.717) is 30.1 Å². The molecule has 0 amide bonds. The van der Waals surface area contributed by atoms with E-state index in [0.717, 1.165) is 51.4 Å². The van der Waals surface area contributed by atoms with Gasteiger partial charge >= 0.3 is 5.97 Å². The standard InChI is InChI=1S/C27H46O6S/c1-6-19-23-15-18(33-17(3)28)9-12-27(23,5)22-10-13-26(4)20(16(2)11-14-34(30,31)32)7-8-21(26)24(22)25(19)29/h16,18-25,29H,6-15H2,1-5H3,(H,30,31,32)/t16-,18-,19-,20?,21?,22?,23+,24?,25-,26-,27-/m1/s1. The first-order chi connectivity index (χ1) is 15.8. The SMILES string of the molecule is CC[C@H]1[C@@H](O)C2C3CCC([C@H](C)CCS(=O)(=O)O)[C@@]3(C)CCC2[C@@]2(C)CC[C@@H](OC(C)=O)C[C@@H]12. The summed E-state index contributed by atoms with van der Waals surface area (Å²) in [6, 6.07) is 0. The summed E-state index contributed by atoms with van der Waals surface area (Å²) >= 11 is 0. The van der Waals surface area contributed by atoms with Gasteiger partial charge in [0, 0.05) is 6.92 Å². The fourth-order valence-corrected chi connectivity index (χ4v) is 10.5. The van der Waals surface area contributed by atoms with Crippen molar-refractivity contribution in [1.82, 2.24) is 0 Å². The molecule has 4 rings (SSSR count). The Bertz CT molecular complexity index is 872. The van der Waals surface area contributed by atoms with Crippen molar-refractivity contribution in [2.75, 3.05) is 5.75 Å². The van der Waals surface area contributed by atoms with Gasteiger partial charge in [-0.1, -0.05) is 34.1 Å². The molecule has 6 nitrogen and oxygen atoms in total. The minimum absolute atomic E-state index is 0.0262. The summed E-state index contributed by atoms with van der Waals surface area (Å²) < 4.78 is 37.6. The molecule has 0 aliphatic heterocycles. The summed E-state index contributed by atoms with van der Waals surface area (Å²) in [6.45, 7) is 10.7. The molecule has 0 aromatic carbocycles. The van der Waals surface area contributed by atoms with E-state index in [1.165, 1.54) is 6.92 Å². The van der Waals surface area contributed by atoms with Gasteiger partial charge in [0.2, 0.25) is 0 Å². The van der Waals surface area contributed by atoms with Crippen LogP contribution in [0.15, 0.2) is 0 Å². The van der Waals surface area contributed by atoms with Crippen LogP contribution < -0.4 is 0 Å². The van der Waals surface area contributed by atoms with Crippen LogP contribution in [0.1, 0.15) is 92.4 Å². The van der Waals surface area contributed by atoms with Crippen LogP contribution in [-0.2, 0) is 19.6 Å². The molecule has 0 saturated heterocycles. The maximum Gasteiger partial charge on any atom is 0.302 e. The molecular formula is C27H46O6S. The lowest BCUT2D eigenvalue weighted by Crippen LogP contribution is -2.62. The Labute approximate surface area is 206 Å². The zero-order valence-electron chi connectivity index (χ0n) is 21.7. The number of aliphatic hydroxyl groups excluding tert-OH is 1.